The second-order valence-electron chi connectivity index (χ2n) is 4.20. The monoisotopic (exact) mass is 270 g/mol. The van der Waals surface area contributed by atoms with Crippen molar-refractivity contribution in [1.29, 1.82) is 0 Å². The lowest BCUT2D eigenvalue weighted by molar-refractivity contribution is 0.415. The summed E-state index contributed by atoms with van der Waals surface area (Å²) in [6.07, 6.45) is 2.03. The van der Waals surface area contributed by atoms with E-state index in [1.165, 1.54) is 5.56 Å². The molecule has 0 fully saturated rings. The highest BCUT2D eigenvalue weighted by atomic mass is 32.2. The maximum Gasteiger partial charge on any atom is 0.169 e. The molecule has 0 amide bonds. The van der Waals surface area contributed by atoms with Crippen molar-refractivity contribution in [3.8, 4) is 16.9 Å². The lowest BCUT2D eigenvalue weighted by atomic mass is 10.0. The topological polar surface area (TPSA) is 22.4 Å². The minimum atomic E-state index is 0.845. The third-order valence-electron chi connectivity index (χ3n) is 3.11. The lowest BCUT2D eigenvalue weighted by Crippen LogP contribution is -1.82. The number of ether oxygens (including phenoxy) is 1. The van der Waals surface area contributed by atoms with E-state index in [0.717, 1.165) is 27.4 Å². The van der Waals surface area contributed by atoms with Gasteiger partial charge in [0.25, 0.3) is 0 Å². The summed E-state index contributed by atoms with van der Waals surface area (Å²) in [5.74, 6) is 0.845. The quantitative estimate of drug-likeness (QED) is 0.636. The second-order valence-corrected chi connectivity index (χ2v) is 4.98. The van der Waals surface area contributed by atoms with Crippen LogP contribution in [0.5, 0.6) is 5.75 Å². The van der Waals surface area contributed by atoms with Crippen molar-refractivity contribution < 1.29 is 9.15 Å². The first kappa shape index (κ1) is 12.2. The summed E-state index contributed by atoms with van der Waals surface area (Å²) in [4.78, 5) is 0. The maximum absolute atomic E-state index is 5.91. The summed E-state index contributed by atoms with van der Waals surface area (Å²) >= 11 is 1.62. The number of thioether (sulfide) groups is 1. The minimum Gasteiger partial charge on any atom is -0.497 e. The van der Waals surface area contributed by atoms with Crippen LogP contribution in [-0.2, 0) is 0 Å². The number of hydrogen-bond acceptors (Lipinski definition) is 3. The Bertz CT molecular complexity index is 701. The van der Waals surface area contributed by atoms with E-state index in [4.69, 9.17) is 9.15 Å². The van der Waals surface area contributed by atoms with Crippen LogP contribution in [0.25, 0.3) is 22.1 Å². The first-order chi connectivity index (χ1) is 9.33. The Kier molecular flexibility index (Phi) is 3.22. The van der Waals surface area contributed by atoms with Gasteiger partial charge in [0.1, 0.15) is 11.3 Å². The summed E-state index contributed by atoms with van der Waals surface area (Å²) in [5, 5.41) is 2.03. The molecule has 1 heterocycles. The number of methoxy groups -OCH3 is 1. The molecule has 3 heteroatoms. The van der Waals surface area contributed by atoms with Crippen LogP contribution in [0.1, 0.15) is 0 Å². The average Bonchev–Trinajstić information content (AvgIpc) is 2.85. The van der Waals surface area contributed by atoms with E-state index >= 15 is 0 Å². The lowest BCUT2D eigenvalue weighted by Gasteiger charge is -2.02. The van der Waals surface area contributed by atoms with Crippen molar-refractivity contribution in [3.63, 3.8) is 0 Å². The first-order valence-corrected chi connectivity index (χ1v) is 7.26. The van der Waals surface area contributed by atoms with E-state index in [2.05, 4.69) is 12.1 Å². The van der Waals surface area contributed by atoms with E-state index in [1.807, 2.05) is 42.7 Å². The van der Waals surface area contributed by atoms with Crippen LogP contribution >= 0.6 is 11.8 Å². The molecule has 2 nitrogen and oxygen atoms in total. The number of benzene rings is 2. The molecule has 0 aliphatic carbocycles. The molecule has 0 saturated carbocycles. The van der Waals surface area contributed by atoms with Crippen LogP contribution in [-0.4, -0.2) is 13.4 Å². The van der Waals surface area contributed by atoms with Gasteiger partial charge in [-0.05, 0) is 30.0 Å². The summed E-state index contributed by atoms with van der Waals surface area (Å²) in [6.45, 7) is 0. The third kappa shape index (κ3) is 2.10. The van der Waals surface area contributed by atoms with Crippen molar-refractivity contribution in [3.05, 3.63) is 48.5 Å². The summed E-state index contributed by atoms with van der Waals surface area (Å²) in [5.41, 5.74) is 3.20. The highest BCUT2D eigenvalue weighted by Gasteiger charge is 2.15. The molecule has 0 spiro atoms. The largest absolute Gasteiger partial charge is 0.497 e. The molecule has 1 aromatic heterocycles. The molecule has 3 rings (SSSR count). The zero-order valence-electron chi connectivity index (χ0n) is 10.8. The highest BCUT2D eigenvalue weighted by molar-refractivity contribution is 7.98. The number of rotatable bonds is 3. The maximum atomic E-state index is 5.91. The number of fused-ring (bicyclic) bond motifs is 1. The molecular formula is C16H14O2S. The molecule has 3 aromatic rings. The van der Waals surface area contributed by atoms with Crippen molar-refractivity contribution in [1.82, 2.24) is 0 Å². The Hall–Kier alpha value is -1.87. The van der Waals surface area contributed by atoms with Gasteiger partial charge in [-0.1, -0.05) is 42.1 Å². The van der Waals surface area contributed by atoms with E-state index in [-0.39, 0.29) is 0 Å². The van der Waals surface area contributed by atoms with Gasteiger partial charge in [-0.2, -0.15) is 0 Å². The fraction of sp³-hybridized carbons (Fsp3) is 0.125. The van der Waals surface area contributed by atoms with Gasteiger partial charge in [0, 0.05) is 10.9 Å². The van der Waals surface area contributed by atoms with E-state index in [9.17, 15) is 0 Å². The fourth-order valence-corrected chi connectivity index (χ4v) is 2.81. The standard InChI is InChI=1S/C16H14O2S/c1-17-12-8-9-14-13(10-12)15(16(18-14)19-2)11-6-4-3-5-7-11/h3-10H,1-2H3. The van der Waals surface area contributed by atoms with E-state index in [1.54, 1.807) is 18.9 Å². The zero-order chi connectivity index (χ0) is 13.2. The van der Waals surface area contributed by atoms with Gasteiger partial charge >= 0.3 is 0 Å². The Morgan fingerprint density at radius 1 is 1.05 bits per heavy atom. The van der Waals surface area contributed by atoms with E-state index < -0.39 is 0 Å². The van der Waals surface area contributed by atoms with Gasteiger partial charge in [-0.25, -0.2) is 0 Å². The van der Waals surface area contributed by atoms with E-state index in [0.29, 0.717) is 0 Å². The molecule has 0 atom stereocenters. The van der Waals surface area contributed by atoms with Crippen molar-refractivity contribution in [2.45, 2.75) is 5.09 Å². The fourth-order valence-electron chi connectivity index (χ4n) is 2.20. The van der Waals surface area contributed by atoms with Crippen molar-refractivity contribution >= 4 is 22.7 Å². The average molecular weight is 270 g/mol. The molecule has 2 aromatic carbocycles. The minimum absolute atomic E-state index is 0.845. The predicted octanol–water partition coefficient (Wildman–Crippen LogP) is 4.83. The van der Waals surface area contributed by atoms with Crippen LogP contribution < -0.4 is 4.74 Å². The second kappa shape index (κ2) is 5.02. The summed E-state index contributed by atoms with van der Waals surface area (Å²) in [7, 11) is 1.68. The van der Waals surface area contributed by atoms with Crippen LogP contribution in [0.3, 0.4) is 0 Å². The molecule has 0 radical (unpaired) electrons. The molecule has 0 aliphatic rings. The molecule has 0 saturated heterocycles. The normalized spacial score (nSPS) is 10.8. The van der Waals surface area contributed by atoms with Crippen LogP contribution in [0, 0.1) is 0 Å². The van der Waals surface area contributed by atoms with Crippen LogP contribution in [0.4, 0.5) is 0 Å². The van der Waals surface area contributed by atoms with Crippen molar-refractivity contribution in [2.75, 3.05) is 13.4 Å². The molecular weight excluding hydrogens is 256 g/mol. The Balaban J connectivity index is 2.31. The Morgan fingerprint density at radius 3 is 2.53 bits per heavy atom. The SMILES string of the molecule is COc1ccc2oc(SC)c(-c3ccccc3)c2c1. The Morgan fingerprint density at radius 2 is 1.84 bits per heavy atom. The van der Waals surface area contributed by atoms with Gasteiger partial charge in [0.2, 0.25) is 0 Å². The van der Waals surface area contributed by atoms with Gasteiger partial charge in [0.05, 0.1) is 7.11 Å². The van der Waals surface area contributed by atoms with Gasteiger partial charge in [-0.15, -0.1) is 0 Å². The molecule has 96 valence electrons. The number of furan rings is 1. The summed E-state index contributed by atoms with van der Waals surface area (Å²) < 4.78 is 11.2. The first-order valence-electron chi connectivity index (χ1n) is 6.03. The molecule has 0 aliphatic heterocycles. The molecule has 0 unspecified atom stereocenters. The van der Waals surface area contributed by atoms with Crippen LogP contribution in [0.2, 0.25) is 0 Å². The smallest absolute Gasteiger partial charge is 0.169 e. The Labute approximate surface area is 116 Å². The number of hydrogen-bond donors (Lipinski definition) is 0. The summed E-state index contributed by atoms with van der Waals surface area (Å²) in [6, 6.07) is 16.2. The predicted molar refractivity (Wildman–Crippen MR) is 80.0 cm³/mol. The van der Waals surface area contributed by atoms with Gasteiger partial charge in [-0.3, -0.25) is 0 Å². The van der Waals surface area contributed by atoms with Crippen molar-refractivity contribution in [2.24, 2.45) is 0 Å². The molecule has 0 bridgehead atoms. The zero-order valence-corrected chi connectivity index (χ0v) is 11.7. The van der Waals surface area contributed by atoms with Gasteiger partial charge < -0.3 is 9.15 Å². The van der Waals surface area contributed by atoms with Gasteiger partial charge in [0.15, 0.2) is 5.09 Å². The highest BCUT2D eigenvalue weighted by Crippen LogP contribution is 2.40. The third-order valence-corrected chi connectivity index (χ3v) is 3.77. The van der Waals surface area contributed by atoms with Crippen LogP contribution in [0.15, 0.2) is 58.0 Å². The molecule has 19 heavy (non-hydrogen) atoms. The molecule has 0 N–H and O–H groups in total.